The second-order valence-electron chi connectivity index (χ2n) is 8.33. The summed E-state index contributed by atoms with van der Waals surface area (Å²) in [5.41, 5.74) is 2.33. The van der Waals surface area contributed by atoms with Crippen molar-refractivity contribution >= 4 is 17.4 Å². The zero-order valence-corrected chi connectivity index (χ0v) is 16.4. The summed E-state index contributed by atoms with van der Waals surface area (Å²) in [6.45, 7) is 8.17. The molecule has 2 bridgehead atoms. The molecule has 2 atom stereocenters. The minimum Gasteiger partial charge on any atom is -0.321 e. The van der Waals surface area contributed by atoms with Crippen LogP contribution in [0.1, 0.15) is 46.5 Å². The quantitative estimate of drug-likeness (QED) is 0.405. The van der Waals surface area contributed by atoms with E-state index in [0.717, 1.165) is 25.2 Å². The largest absolute Gasteiger partial charge is 0.322 e. The molecule has 0 spiro atoms. The summed E-state index contributed by atoms with van der Waals surface area (Å²) in [5, 5.41) is 13.7. The van der Waals surface area contributed by atoms with Crippen LogP contribution in [0.25, 0.3) is 0 Å². The number of anilines is 1. The Balaban J connectivity index is 1.67. The van der Waals surface area contributed by atoms with E-state index in [9.17, 15) is 14.9 Å². The van der Waals surface area contributed by atoms with Crippen molar-refractivity contribution in [3.05, 3.63) is 46.0 Å². The predicted octanol–water partition coefficient (Wildman–Crippen LogP) is 5.22. The van der Waals surface area contributed by atoms with Crippen molar-refractivity contribution in [3.63, 3.8) is 0 Å². The van der Waals surface area contributed by atoms with Crippen LogP contribution >= 0.6 is 0 Å². The number of urea groups is 1. The minimum atomic E-state index is -0.442. The van der Waals surface area contributed by atoms with Gasteiger partial charge in [-0.2, -0.15) is 0 Å². The molecular weight excluding hydrogens is 342 g/mol. The molecule has 3 aliphatic rings. The normalized spacial score (nSPS) is 22.4. The highest BCUT2D eigenvalue weighted by Crippen LogP contribution is 2.59. The fourth-order valence-electron chi connectivity index (χ4n) is 4.35. The number of hydrogen-bond acceptors (Lipinski definition) is 3. The molecular formula is C21H29N3O3. The third kappa shape index (κ3) is 3.99. The number of amides is 2. The number of nitrogens with zero attached hydrogens (tertiary/aromatic N) is 2. The third-order valence-electron chi connectivity index (χ3n) is 6.35. The summed E-state index contributed by atoms with van der Waals surface area (Å²) in [6, 6.07) is 5.83. The number of carbonyl (C=O) groups is 1. The van der Waals surface area contributed by atoms with Crippen molar-refractivity contribution < 1.29 is 9.72 Å². The standard InChI is InChI=1S/C21H29N3O3/c1-4-5-12-23(14-15-6-7-16-13-19(15)21(16,2)3)20(25)22-17-8-10-18(11-9-17)24(26)27/h6,8-11,16,19H,4-5,7,12-14H2,1-3H3,(H,22,25). The molecule has 1 fully saturated rings. The molecule has 4 rings (SSSR count). The van der Waals surface area contributed by atoms with Gasteiger partial charge < -0.3 is 10.2 Å². The number of unbranched alkanes of at least 4 members (excludes halogenated alkanes) is 1. The zero-order valence-electron chi connectivity index (χ0n) is 16.4. The Kier molecular flexibility index (Phi) is 5.53. The molecule has 0 aromatic heterocycles. The van der Waals surface area contributed by atoms with Gasteiger partial charge in [-0.15, -0.1) is 0 Å². The van der Waals surface area contributed by atoms with E-state index in [1.54, 1.807) is 12.1 Å². The number of nitrogens with one attached hydrogen (secondary N) is 1. The first-order valence-corrected chi connectivity index (χ1v) is 9.82. The van der Waals surface area contributed by atoms with Gasteiger partial charge in [0.05, 0.1) is 4.92 Å². The van der Waals surface area contributed by atoms with Crippen LogP contribution in [0.4, 0.5) is 16.2 Å². The van der Waals surface area contributed by atoms with E-state index in [1.165, 1.54) is 24.1 Å². The van der Waals surface area contributed by atoms with E-state index < -0.39 is 4.92 Å². The molecule has 2 amide bonds. The van der Waals surface area contributed by atoms with Gasteiger partial charge in [0.1, 0.15) is 0 Å². The summed E-state index contributed by atoms with van der Waals surface area (Å²) < 4.78 is 0. The maximum absolute atomic E-state index is 12.8. The van der Waals surface area contributed by atoms with E-state index in [0.29, 0.717) is 30.1 Å². The number of nitro benzene ring substituents is 1. The van der Waals surface area contributed by atoms with Crippen LogP contribution in [-0.2, 0) is 0 Å². The highest BCUT2D eigenvalue weighted by Gasteiger charge is 2.51. The van der Waals surface area contributed by atoms with Crippen LogP contribution in [-0.4, -0.2) is 28.9 Å². The van der Waals surface area contributed by atoms with E-state index >= 15 is 0 Å². The number of benzene rings is 1. The fourth-order valence-corrected chi connectivity index (χ4v) is 4.35. The molecule has 146 valence electrons. The Morgan fingerprint density at radius 3 is 2.59 bits per heavy atom. The first-order chi connectivity index (χ1) is 12.8. The molecule has 1 N–H and O–H groups in total. The fraction of sp³-hybridized carbons (Fsp3) is 0.571. The molecule has 0 aliphatic heterocycles. The third-order valence-corrected chi connectivity index (χ3v) is 6.35. The van der Waals surface area contributed by atoms with Crippen LogP contribution < -0.4 is 5.32 Å². The van der Waals surface area contributed by atoms with Crippen molar-refractivity contribution in [2.45, 2.75) is 46.5 Å². The van der Waals surface area contributed by atoms with E-state index in [1.807, 2.05) is 4.90 Å². The van der Waals surface area contributed by atoms with Crippen molar-refractivity contribution in [2.24, 2.45) is 17.3 Å². The van der Waals surface area contributed by atoms with Gasteiger partial charge in [0.25, 0.3) is 5.69 Å². The lowest BCUT2D eigenvalue weighted by molar-refractivity contribution is -0.384. The number of hydrogen-bond donors (Lipinski definition) is 1. The molecule has 6 nitrogen and oxygen atoms in total. The molecule has 6 heteroatoms. The highest BCUT2D eigenvalue weighted by atomic mass is 16.6. The Labute approximate surface area is 160 Å². The van der Waals surface area contributed by atoms with Gasteiger partial charge in [0.2, 0.25) is 0 Å². The molecule has 2 unspecified atom stereocenters. The Bertz CT molecular complexity index is 740. The minimum absolute atomic E-state index is 0.0185. The second-order valence-corrected chi connectivity index (χ2v) is 8.33. The number of fused-ring (bicyclic) bond motifs is 1. The first-order valence-electron chi connectivity index (χ1n) is 9.82. The summed E-state index contributed by atoms with van der Waals surface area (Å²) >= 11 is 0. The average molecular weight is 371 g/mol. The number of allylic oxidation sites excluding steroid dienone is 1. The lowest BCUT2D eigenvalue weighted by Crippen LogP contribution is -2.50. The van der Waals surface area contributed by atoms with Gasteiger partial charge in [0, 0.05) is 30.9 Å². The Morgan fingerprint density at radius 1 is 1.33 bits per heavy atom. The van der Waals surface area contributed by atoms with Crippen molar-refractivity contribution in [1.82, 2.24) is 4.90 Å². The molecule has 1 aromatic rings. The summed E-state index contributed by atoms with van der Waals surface area (Å²) in [6.07, 6.45) is 6.67. The van der Waals surface area contributed by atoms with E-state index in [2.05, 4.69) is 32.2 Å². The number of carbonyl (C=O) groups excluding carboxylic acids is 1. The lowest BCUT2D eigenvalue weighted by atomic mass is 9.49. The van der Waals surface area contributed by atoms with Gasteiger partial charge in [-0.25, -0.2) is 4.79 Å². The molecule has 27 heavy (non-hydrogen) atoms. The number of nitro groups is 1. The predicted molar refractivity (Wildman–Crippen MR) is 107 cm³/mol. The summed E-state index contributed by atoms with van der Waals surface area (Å²) in [4.78, 5) is 25.1. The van der Waals surface area contributed by atoms with Crippen molar-refractivity contribution in [2.75, 3.05) is 18.4 Å². The van der Waals surface area contributed by atoms with Crippen LogP contribution in [0, 0.1) is 27.4 Å². The van der Waals surface area contributed by atoms with Gasteiger partial charge in [-0.1, -0.05) is 38.8 Å². The maximum Gasteiger partial charge on any atom is 0.322 e. The maximum atomic E-state index is 12.8. The Hall–Kier alpha value is -2.37. The van der Waals surface area contributed by atoms with E-state index in [-0.39, 0.29) is 11.7 Å². The van der Waals surface area contributed by atoms with Gasteiger partial charge in [0.15, 0.2) is 0 Å². The molecule has 1 aromatic carbocycles. The summed E-state index contributed by atoms with van der Waals surface area (Å²) in [7, 11) is 0. The number of rotatable bonds is 7. The van der Waals surface area contributed by atoms with Gasteiger partial charge in [-0.3, -0.25) is 10.1 Å². The highest BCUT2D eigenvalue weighted by molar-refractivity contribution is 5.89. The number of non-ortho nitro benzene ring substituents is 1. The van der Waals surface area contributed by atoms with Crippen LogP contribution in [0.2, 0.25) is 0 Å². The second kappa shape index (κ2) is 7.71. The molecule has 0 radical (unpaired) electrons. The van der Waals surface area contributed by atoms with Crippen LogP contribution in [0.5, 0.6) is 0 Å². The van der Waals surface area contributed by atoms with Crippen LogP contribution in [0.15, 0.2) is 35.9 Å². The molecule has 3 aliphatic carbocycles. The van der Waals surface area contributed by atoms with Crippen LogP contribution in [0.3, 0.4) is 0 Å². The molecule has 0 saturated heterocycles. The lowest BCUT2D eigenvalue weighted by Gasteiger charge is -2.57. The Morgan fingerprint density at radius 2 is 2.04 bits per heavy atom. The average Bonchev–Trinajstić information content (AvgIpc) is 2.65. The van der Waals surface area contributed by atoms with Crippen molar-refractivity contribution in [1.29, 1.82) is 0 Å². The van der Waals surface area contributed by atoms with Gasteiger partial charge in [-0.05, 0) is 48.6 Å². The van der Waals surface area contributed by atoms with E-state index in [4.69, 9.17) is 0 Å². The summed E-state index contributed by atoms with van der Waals surface area (Å²) in [5.74, 6) is 1.36. The molecule has 1 saturated carbocycles. The van der Waals surface area contributed by atoms with Gasteiger partial charge >= 0.3 is 6.03 Å². The first kappa shape index (κ1) is 19.4. The van der Waals surface area contributed by atoms with Crippen molar-refractivity contribution in [3.8, 4) is 0 Å². The topological polar surface area (TPSA) is 75.5 Å². The smallest absolute Gasteiger partial charge is 0.321 e. The SMILES string of the molecule is CCCCN(CC1=CCC2CC1C2(C)C)C(=O)Nc1ccc([N+](=O)[O-])cc1. The zero-order chi connectivity index (χ0) is 19.6. The monoisotopic (exact) mass is 371 g/mol. The molecule has 0 heterocycles.